The largest absolute Gasteiger partial charge is 0.476 e. The first-order valence-corrected chi connectivity index (χ1v) is 5.42. The molecule has 7 heteroatoms. The van der Waals surface area contributed by atoms with E-state index in [1.54, 1.807) is 6.92 Å². The van der Waals surface area contributed by atoms with Gasteiger partial charge in [-0.3, -0.25) is 4.79 Å². The summed E-state index contributed by atoms with van der Waals surface area (Å²) in [5, 5.41) is 19.0. The molecule has 0 fully saturated rings. The molecular weight excluding hydrogens is 232 g/mol. The van der Waals surface area contributed by atoms with Crippen LogP contribution in [0.15, 0.2) is 5.38 Å². The van der Waals surface area contributed by atoms with Gasteiger partial charge in [-0.2, -0.15) is 0 Å². The number of carboxylic acid groups (broad SMARTS) is 1. The van der Waals surface area contributed by atoms with E-state index in [1.165, 1.54) is 17.3 Å². The van der Waals surface area contributed by atoms with Crippen LogP contribution in [0.3, 0.4) is 0 Å². The molecule has 1 atom stereocenters. The smallest absolute Gasteiger partial charge is 0.355 e. The molecule has 0 saturated heterocycles. The summed E-state index contributed by atoms with van der Waals surface area (Å²) in [5.74, 6) is -1.55. The molecule has 88 valence electrons. The van der Waals surface area contributed by atoms with E-state index in [0.717, 1.165) is 11.3 Å². The maximum atomic E-state index is 11.8. The van der Waals surface area contributed by atoms with Crippen molar-refractivity contribution in [1.82, 2.24) is 9.88 Å². The molecule has 16 heavy (non-hydrogen) atoms. The summed E-state index contributed by atoms with van der Waals surface area (Å²) in [6, 6.07) is -0.329. The third-order valence-electron chi connectivity index (χ3n) is 2.15. The quantitative estimate of drug-likeness (QED) is 0.794. The van der Waals surface area contributed by atoms with E-state index >= 15 is 0 Å². The van der Waals surface area contributed by atoms with Crippen molar-refractivity contribution in [3.63, 3.8) is 0 Å². The first-order chi connectivity index (χ1) is 7.47. The van der Waals surface area contributed by atoms with Gasteiger partial charge in [0.15, 0.2) is 10.7 Å². The molecular formula is C9H12N2O4S. The lowest BCUT2D eigenvalue weighted by Gasteiger charge is -2.21. The van der Waals surface area contributed by atoms with E-state index in [-0.39, 0.29) is 29.3 Å². The number of carbonyl (C=O) groups excluding carboxylic acids is 1. The summed E-state index contributed by atoms with van der Waals surface area (Å²) in [6.45, 7) is 1.53. The number of thiazole rings is 1. The van der Waals surface area contributed by atoms with Crippen molar-refractivity contribution < 1.29 is 19.8 Å². The van der Waals surface area contributed by atoms with E-state index in [2.05, 4.69) is 4.98 Å². The minimum Gasteiger partial charge on any atom is -0.476 e. The zero-order valence-corrected chi connectivity index (χ0v) is 9.69. The Morgan fingerprint density at radius 2 is 2.25 bits per heavy atom. The number of hydrogen-bond acceptors (Lipinski definition) is 5. The number of hydrogen-bond donors (Lipinski definition) is 2. The minimum absolute atomic E-state index is 0.111. The van der Waals surface area contributed by atoms with Gasteiger partial charge in [-0.05, 0) is 6.92 Å². The zero-order chi connectivity index (χ0) is 12.3. The molecule has 2 N–H and O–H groups in total. The second-order valence-electron chi connectivity index (χ2n) is 3.29. The third kappa shape index (κ3) is 2.56. The van der Waals surface area contributed by atoms with Crippen LogP contribution in [-0.2, 0) is 0 Å². The van der Waals surface area contributed by atoms with Crippen LogP contribution in [0.5, 0.6) is 0 Å². The van der Waals surface area contributed by atoms with Gasteiger partial charge in [-0.1, -0.05) is 0 Å². The Balaban J connectivity index is 2.84. The van der Waals surface area contributed by atoms with Crippen molar-refractivity contribution >= 4 is 23.2 Å². The van der Waals surface area contributed by atoms with Crippen LogP contribution >= 0.6 is 11.3 Å². The number of carboxylic acids is 1. The molecule has 0 radical (unpaired) electrons. The van der Waals surface area contributed by atoms with E-state index in [9.17, 15) is 9.59 Å². The second-order valence-corrected chi connectivity index (χ2v) is 4.15. The Kier molecular flexibility index (Phi) is 3.97. The fraction of sp³-hybridized carbons (Fsp3) is 0.444. The number of likely N-dealkylation sites (N-methyl/N-ethyl adjacent to an activating group) is 1. The van der Waals surface area contributed by atoms with Gasteiger partial charge in [-0.15, -0.1) is 11.3 Å². The Morgan fingerprint density at radius 3 is 2.69 bits per heavy atom. The number of amides is 1. The molecule has 1 rings (SSSR count). The molecule has 0 spiro atoms. The molecule has 0 aliphatic heterocycles. The molecule has 1 aromatic heterocycles. The van der Waals surface area contributed by atoms with Crippen molar-refractivity contribution in [2.24, 2.45) is 0 Å². The topological polar surface area (TPSA) is 90.7 Å². The number of aliphatic hydroxyl groups is 1. The van der Waals surface area contributed by atoms with Gasteiger partial charge in [0.05, 0.1) is 12.6 Å². The van der Waals surface area contributed by atoms with Crippen molar-refractivity contribution in [3.05, 3.63) is 16.1 Å². The van der Waals surface area contributed by atoms with Crippen LogP contribution in [0.2, 0.25) is 0 Å². The van der Waals surface area contributed by atoms with Crippen LogP contribution in [0, 0.1) is 0 Å². The molecule has 1 amide bonds. The monoisotopic (exact) mass is 244 g/mol. The summed E-state index contributed by atoms with van der Waals surface area (Å²) in [4.78, 5) is 27.3. The van der Waals surface area contributed by atoms with Gasteiger partial charge in [-0.25, -0.2) is 9.78 Å². The van der Waals surface area contributed by atoms with Crippen LogP contribution in [0.25, 0.3) is 0 Å². The molecule has 0 saturated carbocycles. The molecule has 6 nitrogen and oxygen atoms in total. The van der Waals surface area contributed by atoms with E-state index in [4.69, 9.17) is 10.2 Å². The normalized spacial score (nSPS) is 12.2. The molecule has 0 aliphatic carbocycles. The van der Waals surface area contributed by atoms with Gasteiger partial charge >= 0.3 is 5.97 Å². The fourth-order valence-corrected chi connectivity index (χ4v) is 1.72. The van der Waals surface area contributed by atoms with Crippen molar-refractivity contribution in [2.45, 2.75) is 13.0 Å². The zero-order valence-electron chi connectivity index (χ0n) is 8.88. The van der Waals surface area contributed by atoms with Gasteiger partial charge in [0.25, 0.3) is 5.91 Å². The maximum absolute atomic E-state index is 11.8. The summed E-state index contributed by atoms with van der Waals surface area (Å²) in [7, 11) is 1.53. The average Bonchev–Trinajstić information content (AvgIpc) is 2.75. The molecule has 1 heterocycles. The van der Waals surface area contributed by atoms with Crippen LogP contribution in [0.1, 0.15) is 27.2 Å². The SMILES string of the molecule is CC(CO)N(C)C(=O)c1nc(C(=O)O)cs1. The van der Waals surface area contributed by atoms with Crippen molar-refractivity contribution in [3.8, 4) is 0 Å². The molecule has 0 aromatic carbocycles. The Morgan fingerprint density at radius 1 is 1.62 bits per heavy atom. The molecule has 0 aliphatic rings. The summed E-state index contributed by atoms with van der Waals surface area (Å²) < 4.78 is 0. The van der Waals surface area contributed by atoms with E-state index < -0.39 is 5.97 Å². The minimum atomic E-state index is -1.16. The van der Waals surface area contributed by atoms with Gasteiger partial charge in [0.1, 0.15) is 0 Å². The maximum Gasteiger partial charge on any atom is 0.355 e. The lowest BCUT2D eigenvalue weighted by atomic mass is 10.3. The second kappa shape index (κ2) is 5.04. The lowest BCUT2D eigenvalue weighted by molar-refractivity contribution is 0.0679. The highest BCUT2D eigenvalue weighted by atomic mass is 32.1. The number of nitrogens with zero attached hydrogens (tertiary/aromatic N) is 2. The predicted octanol–water partition coefficient (Wildman–Crippen LogP) is 0.294. The van der Waals surface area contributed by atoms with Gasteiger partial charge < -0.3 is 15.1 Å². The number of aliphatic hydroxyl groups excluding tert-OH is 1. The van der Waals surface area contributed by atoms with Gasteiger partial charge in [0, 0.05) is 12.4 Å². The van der Waals surface area contributed by atoms with Crippen LogP contribution in [-0.4, -0.2) is 51.7 Å². The third-order valence-corrected chi connectivity index (χ3v) is 2.98. The van der Waals surface area contributed by atoms with Crippen LogP contribution < -0.4 is 0 Å². The van der Waals surface area contributed by atoms with Gasteiger partial charge in [0.2, 0.25) is 0 Å². The van der Waals surface area contributed by atoms with Crippen molar-refractivity contribution in [2.75, 3.05) is 13.7 Å². The Hall–Kier alpha value is -1.47. The molecule has 0 bridgehead atoms. The highest BCUT2D eigenvalue weighted by Gasteiger charge is 2.21. The highest BCUT2D eigenvalue weighted by molar-refractivity contribution is 7.11. The first kappa shape index (κ1) is 12.6. The molecule has 1 unspecified atom stereocenters. The first-order valence-electron chi connectivity index (χ1n) is 4.54. The lowest BCUT2D eigenvalue weighted by Crippen LogP contribution is -2.37. The summed E-state index contributed by atoms with van der Waals surface area (Å²) >= 11 is 0.977. The highest BCUT2D eigenvalue weighted by Crippen LogP contribution is 2.13. The Labute approximate surface area is 96.2 Å². The number of aromatic carboxylic acids is 1. The predicted molar refractivity (Wildman–Crippen MR) is 57.7 cm³/mol. The van der Waals surface area contributed by atoms with E-state index in [0.29, 0.717) is 0 Å². The van der Waals surface area contributed by atoms with Crippen LogP contribution in [0.4, 0.5) is 0 Å². The number of carbonyl (C=O) groups is 2. The van der Waals surface area contributed by atoms with E-state index in [1.807, 2.05) is 0 Å². The number of aromatic nitrogens is 1. The number of rotatable bonds is 4. The summed E-state index contributed by atoms with van der Waals surface area (Å²) in [6.07, 6.45) is 0. The standard InChI is InChI=1S/C9H12N2O4S/c1-5(3-12)11(2)8(13)7-10-6(4-16-7)9(14)15/h4-5,12H,3H2,1-2H3,(H,14,15). The Bertz CT molecular complexity index is 404. The fourth-order valence-electron chi connectivity index (χ4n) is 0.944. The summed E-state index contributed by atoms with van der Waals surface area (Å²) in [5.41, 5.74) is -0.140. The average molecular weight is 244 g/mol. The van der Waals surface area contributed by atoms with Crippen molar-refractivity contribution in [1.29, 1.82) is 0 Å². The molecule has 1 aromatic rings.